The van der Waals surface area contributed by atoms with E-state index in [9.17, 15) is 13.6 Å². The van der Waals surface area contributed by atoms with E-state index >= 15 is 0 Å². The summed E-state index contributed by atoms with van der Waals surface area (Å²) in [7, 11) is 0. The summed E-state index contributed by atoms with van der Waals surface area (Å²) in [5.41, 5.74) is 1.97. The smallest absolute Gasteiger partial charge is 0.256 e. The van der Waals surface area contributed by atoms with Crippen LogP contribution >= 0.6 is 0 Å². The van der Waals surface area contributed by atoms with E-state index in [4.69, 9.17) is 0 Å². The molecule has 3 aromatic rings. The van der Waals surface area contributed by atoms with Crippen LogP contribution in [0.1, 0.15) is 29.8 Å². The van der Waals surface area contributed by atoms with E-state index in [0.717, 1.165) is 17.7 Å². The molecule has 0 bridgehead atoms. The van der Waals surface area contributed by atoms with E-state index < -0.39 is 11.6 Å². The second kappa shape index (κ2) is 8.61. The van der Waals surface area contributed by atoms with Crippen LogP contribution in [0.2, 0.25) is 0 Å². The minimum absolute atomic E-state index is 0.0149. The lowest BCUT2D eigenvalue weighted by molar-refractivity contribution is 0.0690. The number of carbonyl (C=O) groups is 1. The summed E-state index contributed by atoms with van der Waals surface area (Å²) >= 11 is 0. The third-order valence-electron chi connectivity index (χ3n) is 4.28. The maximum Gasteiger partial charge on any atom is 0.256 e. The molecular formula is C22H21F2N3O. The average molecular weight is 381 g/mol. The van der Waals surface area contributed by atoms with E-state index in [-0.39, 0.29) is 17.6 Å². The second-order valence-electron chi connectivity index (χ2n) is 6.72. The van der Waals surface area contributed by atoms with Crippen LogP contribution in [0.3, 0.4) is 0 Å². The minimum atomic E-state index is -0.718. The van der Waals surface area contributed by atoms with Gasteiger partial charge in [0, 0.05) is 24.8 Å². The molecule has 2 aromatic carbocycles. The molecular weight excluding hydrogens is 360 g/mol. The number of amides is 1. The summed E-state index contributed by atoms with van der Waals surface area (Å²) < 4.78 is 26.9. The zero-order valence-corrected chi connectivity index (χ0v) is 15.7. The van der Waals surface area contributed by atoms with E-state index in [1.807, 2.05) is 44.2 Å². The molecule has 0 spiro atoms. The molecule has 0 saturated carbocycles. The van der Waals surface area contributed by atoms with Crippen LogP contribution in [0.4, 0.5) is 20.2 Å². The maximum atomic E-state index is 13.9. The SMILES string of the molecule is CC(C)N(Cc1ccccc1)C(=O)c1cncc(Nc2ccc(F)cc2F)c1. The Bertz CT molecular complexity index is 961. The van der Waals surface area contributed by atoms with Gasteiger partial charge in [-0.2, -0.15) is 0 Å². The van der Waals surface area contributed by atoms with Crippen LogP contribution in [0.15, 0.2) is 67.0 Å². The van der Waals surface area contributed by atoms with Gasteiger partial charge in [0.2, 0.25) is 0 Å². The van der Waals surface area contributed by atoms with Crippen molar-refractivity contribution < 1.29 is 13.6 Å². The van der Waals surface area contributed by atoms with Crippen molar-refractivity contribution in [2.45, 2.75) is 26.4 Å². The molecule has 28 heavy (non-hydrogen) atoms. The normalized spacial score (nSPS) is 10.8. The number of anilines is 2. The topological polar surface area (TPSA) is 45.2 Å². The minimum Gasteiger partial charge on any atom is -0.352 e. The fraction of sp³-hybridized carbons (Fsp3) is 0.182. The van der Waals surface area contributed by atoms with Gasteiger partial charge in [0.05, 0.1) is 23.1 Å². The lowest BCUT2D eigenvalue weighted by Crippen LogP contribution is -2.36. The largest absolute Gasteiger partial charge is 0.352 e. The van der Waals surface area contributed by atoms with Crippen LogP contribution < -0.4 is 5.32 Å². The molecule has 1 heterocycles. The fourth-order valence-corrected chi connectivity index (χ4v) is 2.81. The Kier molecular flexibility index (Phi) is 5.99. The second-order valence-corrected chi connectivity index (χ2v) is 6.72. The number of nitrogens with one attached hydrogen (secondary N) is 1. The zero-order valence-electron chi connectivity index (χ0n) is 15.7. The quantitative estimate of drug-likeness (QED) is 0.642. The Labute approximate surface area is 162 Å². The summed E-state index contributed by atoms with van der Waals surface area (Å²) in [6.45, 7) is 4.37. The molecule has 1 N–H and O–H groups in total. The number of rotatable bonds is 6. The number of hydrogen-bond donors (Lipinski definition) is 1. The van der Waals surface area contributed by atoms with Crippen molar-refractivity contribution in [1.82, 2.24) is 9.88 Å². The molecule has 1 aromatic heterocycles. The van der Waals surface area contributed by atoms with Gasteiger partial charge in [-0.3, -0.25) is 9.78 Å². The van der Waals surface area contributed by atoms with Gasteiger partial charge in [-0.1, -0.05) is 30.3 Å². The Morgan fingerprint density at radius 1 is 1.07 bits per heavy atom. The highest BCUT2D eigenvalue weighted by molar-refractivity contribution is 5.95. The van der Waals surface area contributed by atoms with Gasteiger partial charge in [-0.15, -0.1) is 0 Å². The van der Waals surface area contributed by atoms with Gasteiger partial charge in [0.15, 0.2) is 0 Å². The van der Waals surface area contributed by atoms with Crippen LogP contribution in [-0.2, 0) is 6.54 Å². The summed E-state index contributed by atoms with van der Waals surface area (Å²) in [5, 5.41) is 2.84. The van der Waals surface area contributed by atoms with Gasteiger partial charge >= 0.3 is 0 Å². The van der Waals surface area contributed by atoms with E-state index in [1.165, 1.54) is 18.5 Å². The van der Waals surface area contributed by atoms with Gasteiger partial charge in [-0.05, 0) is 37.6 Å². The number of aromatic nitrogens is 1. The highest BCUT2D eigenvalue weighted by Gasteiger charge is 2.20. The predicted octanol–water partition coefficient (Wildman–Crippen LogP) is 5.15. The first-order valence-electron chi connectivity index (χ1n) is 8.96. The molecule has 0 atom stereocenters. The average Bonchev–Trinajstić information content (AvgIpc) is 2.68. The standard InChI is InChI=1S/C22H21F2N3O/c1-15(2)27(14-16-6-4-3-5-7-16)22(28)17-10-19(13-25-12-17)26-21-9-8-18(23)11-20(21)24/h3-13,15,26H,14H2,1-2H3. The molecule has 0 aliphatic heterocycles. The summed E-state index contributed by atoms with van der Waals surface area (Å²) in [6.07, 6.45) is 2.96. The Morgan fingerprint density at radius 3 is 2.50 bits per heavy atom. The monoisotopic (exact) mass is 381 g/mol. The first-order valence-corrected chi connectivity index (χ1v) is 8.96. The molecule has 0 saturated heterocycles. The first-order chi connectivity index (χ1) is 13.4. The number of nitrogens with zero attached hydrogens (tertiary/aromatic N) is 2. The van der Waals surface area contributed by atoms with Gasteiger partial charge in [0.1, 0.15) is 11.6 Å². The molecule has 0 fully saturated rings. The molecule has 0 radical (unpaired) electrons. The summed E-state index contributed by atoms with van der Waals surface area (Å²) in [6, 6.07) is 14.6. The van der Waals surface area contributed by atoms with Gasteiger partial charge in [0.25, 0.3) is 5.91 Å². The van der Waals surface area contributed by atoms with Gasteiger partial charge in [-0.25, -0.2) is 8.78 Å². The van der Waals surface area contributed by atoms with Crippen molar-refractivity contribution in [3.8, 4) is 0 Å². The lowest BCUT2D eigenvalue weighted by atomic mass is 10.1. The van der Waals surface area contributed by atoms with Crippen molar-refractivity contribution in [2.24, 2.45) is 0 Å². The maximum absolute atomic E-state index is 13.9. The lowest BCUT2D eigenvalue weighted by Gasteiger charge is -2.27. The number of benzene rings is 2. The summed E-state index contributed by atoms with van der Waals surface area (Å²) in [4.78, 5) is 18.9. The Morgan fingerprint density at radius 2 is 1.82 bits per heavy atom. The van der Waals surface area contributed by atoms with Crippen molar-refractivity contribution >= 4 is 17.3 Å². The van der Waals surface area contributed by atoms with Crippen molar-refractivity contribution in [3.05, 3.63) is 89.8 Å². The highest BCUT2D eigenvalue weighted by atomic mass is 19.1. The molecule has 0 unspecified atom stereocenters. The van der Waals surface area contributed by atoms with Crippen LogP contribution in [0.5, 0.6) is 0 Å². The number of pyridine rings is 1. The van der Waals surface area contributed by atoms with Crippen molar-refractivity contribution in [1.29, 1.82) is 0 Å². The molecule has 0 aliphatic carbocycles. The zero-order chi connectivity index (χ0) is 20.1. The Hall–Kier alpha value is -3.28. The molecule has 1 amide bonds. The third kappa shape index (κ3) is 4.71. The molecule has 0 aliphatic rings. The predicted molar refractivity (Wildman–Crippen MR) is 105 cm³/mol. The van der Waals surface area contributed by atoms with Crippen molar-refractivity contribution in [2.75, 3.05) is 5.32 Å². The first kappa shape index (κ1) is 19.5. The highest BCUT2D eigenvalue weighted by Crippen LogP contribution is 2.22. The van der Waals surface area contributed by atoms with E-state index in [2.05, 4.69) is 10.3 Å². The molecule has 4 nitrogen and oxygen atoms in total. The van der Waals surface area contributed by atoms with E-state index in [0.29, 0.717) is 17.8 Å². The van der Waals surface area contributed by atoms with Crippen molar-refractivity contribution in [3.63, 3.8) is 0 Å². The van der Waals surface area contributed by atoms with E-state index in [1.54, 1.807) is 11.0 Å². The molecule has 144 valence electrons. The van der Waals surface area contributed by atoms with Gasteiger partial charge < -0.3 is 10.2 Å². The number of hydrogen-bond acceptors (Lipinski definition) is 3. The van der Waals surface area contributed by atoms with Crippen LogP contribution in [-0.4, -0.2) is 21.8 Å². The molecule has 6 heteroatoms. The van der Waals surface area contributed by atoms with Crippen LogP contribution in [0.25, 0.3) is 0 Å². The van der Waals surface area contributed by atoms with Crippen LogP contribution in [0, 0.1) is 11.6 Å². The number of halogens is 2. The number of carbonyl (C=O) groups excluding carboxylic acids is 1. The molecule has 3 rings (SSSR count). The fourth-order valence-electron chi connectivity index (χ4n) is 2.81. The summed E-state index contributed by atoms with van der Waals surface area (Å²) in [5.74, 6) is -1.54. The Balaban J connectivity index is 1.81. The third-order valence-corrected chi connectivity index (χ3v) is 4.28.